The number of aliphatic hydroxyl groups is 1. The number of aliphatic hydroxyl groups excluding tert-OH is 1. The first kappa shape index (κ1) is 18.8. The third-order valence-electron chi connectivity index (χ3n) is 5.47. The highest BCUT2D eigenvalue weighted by Crippen LogP contribution is 2.47. The maximum atomic E-state index is 9.44. The Labute approximate surface area is 166 Å². The van der Waals surface area contributed by atoms with Gasteiger partial charge < -0.3 is 14.7 Å². The van der Waals surface area contributed by atoms with Gasteiger partial charge in [-0.15, -0.1) is 0 Å². The number of nitrogens with zero attached hydrogens (tertiary/aromatic N) is 2. The maximum absolute atomic E-state index is 9.44. The molecule has 2 aromatic rings. The number of benzene rings is 2. The Hall–Kier alpha value is -1.53. The average molecular weight is 385 g/mol. The Morgan fingerprint density at radius 1 is 1.00 bits per heavy atom. The van der Waals surface area contributed by atoms with E-state index in [0.29, 0.717) is 6.04 Å². The molecule has 0 radical (unpaired) electrons. The number of rotatable bonds is 5. The number of hydrogen-bond acceptors (Lipinski definition) is 5. The molecule has 144 valence electrons. The van der Waals surface area contributed by atoms with Gasteiger partial charge >= 0.3 is 0 Å². The summed E-state index contributed by atoms with van der Waals surface area (Å²) in [6.45, 7) is 7.02. The second-order valence-electron chi connectivity index (χ2n) is 7.47. The predicted molar refractivity (Wildman–Crippen MR) is 111 cm³/mol. The minimum absolute atomic E-state index is 0.182. The molecule has 27 heavy (non-hydrogen) atoms. The van der Waals surface area contributed by atoms with Crippen LogP contribution in [0, 0.1) is 0 Å². The fraction of sp³-hybridized carbons (Fsp3) is 0.455. The lowest BCUT2D eigenvalue weighted by molar-refractivity contribution is -0.137. The van der Waals surface area contributed by atoms with Gasteiger partial charge in [0.2, 0.25) is 0 Å². The van der Waals surface area contributed by atoms with Crippen molar-refractivity contribution < 1.29 is 9.84 Å². The second kappa shape index (κ2) is 8.23. The van der Waals surface area contributed by atoms with Crippen molar-refractivity contribution in [3.63, 3.8) is 0 Å². The van der Waals surface area contributed by atoms with Gasteiger partial charge in [0.25, 0.3) is 0 Å². The molecule has 2 unspecified atom stereocenters. The number of para-hydroxylation sites is 2. The summed E-state index contributed by atoms with van der Waals surface area (Å²) in [4.78, 5) is 7.68. The highest BCUT2D eigenvalue weighted by molar-refractivity contribution is 7.99. The Balaban J connectivity index is 1.48. The highest BCUT2D eigenvalue weighted by Gasteiger charge is 2.28. The SMILES string of the molecule is CC(O)OC1CCN(C(C)CN2c3ccccc3Sc3ccccc32)CC1. The molecule has 4 rings (SSSR count). The van der Waals surface area contributed by atoms with Gasteiger partial charge in [0, 0.05) is 35.5 Å². The summed E-state index contributed by atoms with van der Waals surface area (Å²) in [6, 6.07) is 17.8. The van der Waals surface area contributed by atoms with Crippen molar-refractivity contribution in [2.45, 2.75) is 54.9 Å². The summed E-state index contributed by atoms with van der Waals surface area (Å²) in [6.07, 6.45) is 1.48. The first-order chi connectivity index (χ1) is 13.1. The molecule has 1 saturated heterocycles. The first-order valence-corrected chi connectivity index (χ1v) is 10.6. The van der Waals surface area contributed by atoms with Crippen LogP contribution in [-0.4, -0.2) is 48.1 Å². The van der Waals surface area contributed by atoms with Crippen LogP contribution in [0.3, 0.4) is 0 Å². The molecule has 2 aromatic carbocycles. The number of ether oxygens (including phenoxy) is 1. The van der Waals surface area contributed by atoms with Gasteiger partial charge in [-0.05, 0) is 51.0 Å². The van der Waals surface area contributed by atoms with Crippen molar-refractivity contribution in [1.29, 1.82) is 0 Å². The molecule has 0 aliphatic carbocycles. The van der Waals surface area contributed by atoms with Crippen molar-refractivity contribution >= 4 is 23.1 Å². The third-order valence-corrected chi connectivity index (χ3v) is 6.60. The largest absolute Gasteiger partial charge is 0.368 e. The Morgan fingerprint density at radius 3 is 2.11 bits per heavy atom. The monoisotopic (exact) mass is 384 g/mol. The van der Waals surface area contributed by atoms with E-state index in [1.807, 2.05) is 11.8 Å². The third kappa shape index (κ3) is 4.16. The topological polar surface area (TPSA) is 35.9 Å². The van der Waals surface area contributed by atoms with Crippen molar-refractivity contribution in [2.75, 3.05) is 24.5 Å². The molecule has 0 spiro atoms. The van der Waals surface area contributed by atoms with E-state index in [4.69, 9.17) is 4.74 Å². The second-order valence-corrected chi connectivity index (χ2v) is 8.55. The zero-order valence-corrected chi connectivity index (χ0v) is 16.9. The number of anilines is 2. The molecule has 2 aliphatic heterocycles. The summed E-state index contributed by atoms with van der Waals surface area (Å²) in [5.41, 5.74) is 2.61. The van der Waals surface area contributed by atoms with Crippen LogP contribution in [0.25, 0.3) is 0 Å². The molecule has 1 fully saturated rings. The van der Waals surface area contributed by atoms with Crippen LogP contribution in [0.1, 0.15) is 26.7 Å². The van der Waals surface area contributed by atoms with Gasteiger partial charge in [-0.3, -0.25) is 4.90 Å². The fourth-order valence-electron chi connectivity index (χ4n) is 4.09. The van der Waals surface area contributed by atoms with Crippen LogP contribution < -0.4 is 4.90 Å². The molecular weight excluding hydrogens is 356 g/mol. The zero-order valence-electron chi connectivity index (χ0n) is 16.0. The van der Waals surface area contributed by atoms with Crippen molar-refractivity contribution in [1.82, 2.24) is 4.90 Å². The van der Waals surface area contributed by atoms with Gasteiger partial charge in [0.05, 0.1) is 17.5 Å². The molecule has 0 saturated carbocycles. The van der Waals surface area contributed by atoms with Crippen molar-refractivity contribution in [3.8, 4) is 0 Å². The number of likely N-dealkylation sites (tertiary alicyclic amines) is 1. The van der Waals surface area contributed by atoms with Crippen LogP contribution in [0.15, 0.2) is 58.3 Å². The van der Waals surface area contributed by atoms with Gasteiger partial charge in [0.1, 0.15) is 0 Å². The smallest absolute Gasteiger partial charge is 0.152 e. The lowest BCUT2D eigenvalue weighted by Crippen LogP contribution is -2.47. The molecule has 2 aliphatic rings. The van der Waals surface area contributed by atoms with Crippen LogP contribution in [0.2, 0.25) is 0 Å². The lowest BCUT2D eigenvalue weighted by Gasteiger charge is -2.40. The first-order valence-electron chi connectivity index (χ1n) is 9.83. The summed E-state index contributed by atoms with van der Waals surface area (Å²) < 4.78 is 5.58. The molecule has 1 N–H and O–H groups in total. The lowest BCUT2D eigenvalue weighted by atomic mass is 10.1. The Kier molecular flexibility index (Phi) is 5.74. The van der Waals surface area contributed by atoms with E-state index in [2.05, 4.69) is 65.3 Å². The zero-order chi connectivity index (χ0) is 18.8. The highest BCUT2D eigenvalue weighted by atomic mass is 32.2. The van der Waals surface area contributed by atoms with Gasteiger partial charge in [-0.1, -0.05) is 36.0 Å². The molecule has 0 amide bonds. The van der Waals surface area contributed by atoms with E-state index in [-0.39, 0.29) is 6.10 Å². The van der Waals surface area contributed by atoms with E-state index in [0.717, 1.165) is 32.5 Å². The summed E-state index contributed by atoms with van der Waals surface area (Å²) in [5.74, 6) is 0. The van der Waals surface area contributed by atoms with Crippen LogP contribution >= 0.6 is 11.8 Å². The maximum Gasteiger partial charge on any atom is 0.152 e. The number of piperidine rings is 1. The Bertz CT molecular complexity index is 729. The number of fused-ring (bicyclic) bond motifs is 2. The van der Waals surface area contributed by atoms with Gasteiger partial charge in [-0.2, -0.15) is 0 Å². The van der Waals surface area contributed by atoms with E-state index >= 15 is 0 Å². The summed E-state index contributed by atoms with van der Waals surface area (Å²) >= 11 is 1.86. The average Bonchev–Trinajstić information content (AvgIpc) is 2.68. The number of hydrogen-bond donors (Lipinski definition) is 1. The molecule has 2 atom stereocenters. The predicted octanol–water partition coefficient (Wildman–Crippen LogP) is 4.50. The minimum Gasteiger partial charge on any atom is -0.368 e. The molecular formula is C22H28N2O2S. The van der Waals surface area contributed by atoms with E-state index in [1.165, 1.54) is 21.2 Å². The molecule has 0 aromatic heterocycles. The van der Waals surface area contributed by atoms with Gasteiger partial charge in [-0.25, -0.2) is 0 Å². The normalized spacial score (nSPS) is 20.0. The molecule has 4 nitrogen and oxygen atoms in total. The summed E-state index contributed by atoms with van der Waals surface area (Å²) in [7, 11) is 0. The molecule has 5 heteroatoms. The van der Waals surface area contributed by atoms with E-state index in [1.54, 1.807) is 6.92 Å². The van der Waals surface area contributed by atoms with Gasteiger partial charge in [0.15, 0.2) is 6.29 Å². The van der Waals surface area contributed by atoms with Crippen molar-refractivity contribution in [2.24, 2.45) is 0 Å². The minimum atomic E-state index is -0.669. The van der Waals surface area contributed by atoms with Crippen LogP contribution in [0.5, 0.6) is 0 Å². The van der Waals surface area contributed by atoms with E-state index < -0.39 is 6.29 Å². The van der Waals surface area contributed by atoms with Crippen LogP contribution in [-0.2, 0) is 4.74 Å². The van der Waals surface area contributed by atoms with E-state index in [9.17, 15) is 5.11 Å². The quantitative estimate of drug-likeness (QED) is 0.768. The Morgan fingerprint density at radius 2 is 1.56 bits per heavy atom. The fourth-order valence-corrected chi connectivity index (χ4v) is 5.18. The summed E-state index contributed by atoms with van der Waals surface area (Å²) in [5, 5.41) is 9.44. The standard InChI is InChI=1S/C22H28N2O2S/c1-16(23-13-11-18(12-14-23)26-17(2)25)15-24-19-7-3-5-9-21(19)27-22-10-6-4-8-20(22)24/h3-10,16-18,25H,11-15H2,1-2H3. The molecule has 2 heterocycles. The van der Waals surface area contributed by atoms with Crippen molar-refractivity contribution in [3.05, 3.63) is 48.5 Å². The molecule has 0 bridgehead atoms. The van der Waals surface area contributed by atoms with Crippen LogP contribution in [0.4, 0.5) is 11.4 Å².